The Balaban J connectivity index is 1.66. The van der Waals surface area contributed by atoms with Crippen LogP contribution >= 0.6 is 15.9 Å². The largest absolute Gasteiger partial charge is 0.493 e. The standard InChI is InChI=1S/C21H21BrN4O4/c1-12-19(22)13(2)26(25-12)16-8-5-14(6-9-16)20(27)23-24-21(28)15-7-10-17(29-3)18(11-15)30-4/h5-11H,1-4H3,(H,23,27)(H,24,28). The predicted molar refractivity (Wildman–Crippen MR) is 115 cm³/mol. The first-order valence-corrected chi connectivity index (χ1v) is 9.80. The van der Waals surface area contributed by atoms with Gasteiger partial charge < -0.3 is 9.47 Å². The highest BCUT2D eigenvalue weighted by atomic mass is 79.9. The van der Waals surface area contributed by atoms with Crippen LogP contribution in [0.3, 0.4) is 0 Å². The highest BCUT2D eigenvalue weighted by molar-refractivity contribution is 9.10. The van der Waals surface area contributed by atoms with Crippen molar-refractivity contribution in [2.75, 3.05) is 14.2 Å². The molecule has 3 rings (SSSR count). The Hall–Kier alpha value is -3.33. The number of aryl methyl sites for hydroxylation is 1. The Morgan fingerprint density at radius 1 is 0.900 bits per heavy atom. The molecule has 0 spiro atoms. The molecular formula is C21H21BrN4O4. The van der Waals surface area contributed by atoms with Gasteiger partial charge in [0.15, 0.2) is 11.5 Å². The second-order valence-corrected chi connectivity index (χ2v) is 7.21. The normalized spacial score (nSPS) is 10.4. The predicted octanol–water partition coefficient (Wildman–Crippen LogP) is 3.34. The Morgan fingerprint density at radius 3 is 2.00 bits per heavy atom. The van der Waals surface area contributed by atoms with Crippen molar-refractivity contribution < 1.29 is 19.1 Å². The molecule has 1 heterocycles. The van der Waals surface area contributed by atoms with Gasteiger partial charge in [-0.05, 0) is 72.2 Å². The first kappa shape index (κ1) is 21.4. The maximum Gasteiger partial charge on any atom is 0.269 e. The number of hydrazine groups is 1. The molecule has 1 aromatic heterocycles. The average molecular weight is 473 g/mol. The third-order valence-corrected chi connectivity index (χ3v) is 5.66. The molecule has 30 heavy (non-hydrogen) atoms. The van der Waals surface area contributed by atoms with Crippen LogP contribution in [0.15, 0.2) is 46.9 Å². The van der Waals surface area contributed by atoms with E-state index in [-0.39, 0.29) is 0 Å². The lowest BCUT2D eigenvalue weighted by atomic mass is 10.2. The lowest BCUT2D eigenvalue weighted by Gasteiger charge is -2.11. The fraction of sp³-hybridized carbons (Fsp3) is 0.190. The average Bonchev–Trinajstić information content (AvgIpc) is 3.04. The fourth-order valence-electron chi connectivity index (χ4n) is 2.86. The molecule has 0 saturated carbocycles. The molecule has 0 atom stereocenters. The van der Waals surface area contributed by atoms with Crippen LogP contribution in [-0.4, -0.2) is 35.8 Å². The van der Waals surface area contributed by atoms with Crippen LogP contribution < -0.4 is 20.3 Å². The number of rotatable bonds is 5. The van der Waals surface area contributed by atoms with Crippen LogP contribution in [0.1, 0.15) is 32.1 Å². The van der Waals surface area contributed by atoms with Gasteiger partial charge >= 0.3 is 0 Å². The maximum absolute atomic E-state index is 12.4. The molecule has 0 bridgehead atoms. The molecule has 2 N–H and O–H groups in total. The molecule has 2 amide bonds. The molecule has 0 aliphatic heterocycles. The molecule has 2 aromatic carbocycles. The van der Waals surface area contributed by atoms with Crippen LogP contribution in [-0.2, 0) is 0 Å². The number of hydrogen-bond donors (Lipinski definition) is 2. The molecule has 0 aliphatic carbocycles. The number of methoxy groups -OCH3 is 2. The van der Waals surface area contributed by atoms with Crippen molar-refractivity contribution in [3.05, 3.63) is 69.5 Å². The minimum atomic E-state index is -0.478. The van der Waals surface area contributed by atoms with Crippen LogP contribution in [0.25, 0.3) is 5.69 Å². The van der Waals surface area contributed by atoms with E-state index in [1.807, 2.05) is 13.8 Å². The summed E-state index contributed by atoms with van der Waals surface area (Å²) in [6, 6.07) is 11.6. The Labute approximate surface area is 182 Å². The number of nitrogens with one attached hydrogen (secondary N) is 2. The molecule has 0 aliphatic rings. The van der Waals surface area contributed by atoms with Crippen molar-refractivity contribution in [1.82, 2.24) is 20.6 Å². The van der Waals surface area contributed by atoms with Crippen LogP contribution in [0.5, 0.6) is 11.5 Å². The van der Waals surface area contributed by atoms with Crippen molar-refractivity contribution in [1.29, 1.82) is 0 Å². The highest BCUT2D eigenvalue weighted by Gasteiger charge is 2.14. The third kappa shape index (κ3) is 4.30. The first-order valence-electron chi connectivity index (χ1n) is 9.00. The van der Waals surface area contributed by atoms with Gasteiger partial charge in [0.2, 0.25) is 0 Å². The van der Waals surface area contributed by atoms with Crippen molar-refractivity contribution in [2.24, 2.45) is 0 Å². The maximum atomic E-state index is 12.4. The molecule has 0 radical (unpaired) electrons. The smallest absolute Gasteiger partial charge is 0.269 e. The van der Waals surface area contributed by atoms with E-state index < -0.39 is 11.8 Å². The Kier molecular flexibility index (Phi) is 6.41. The summed E-state index contributed by atoms with van der Waals surface area (Å²) < 4.78 is 13.1. The van der Waals surface area contributed by atoms with Gasteiger partial charge in [-0.2, -0.15) is 5.10 Å². The van der Waals surface area contributed by atoms with E-state index >= 15 is 0 Å². The molecular weight excluding hydrogens is 452 g/mol. The van der Waals surface area contributed by atoms with Crippen molar-refractivity contribution >= 4 is 27.7 Å². The zero-order chi connectivity index (χ0) is 21.8. The molecule has 0 saturated heterocycles. The Bertz CT molecular complexity index is 1090. The van der Waals surface area contributed by atoms with Gasteiger partial charge in [-0.3, -0.25) is 20.4 Å². The lowest BCUT2D eigenvalue weighted by molar-refractivity contribution is 0.0846. The second kappa shape index (κ2) is 9.00. The number of carbonyl (C=O) groups is 2. The molecule has 0 fully saturated rings. The molecule has 3 aromatic rings. The third-order valence-electron chi connectivity index (χ3n) is 4.51. The molecule has 156 valence electrons. The van der Waals surface area contributed by atoms with E-state index in [0.29, 0.717) is 22.6 Å². The molecule has 8 nitrogen and oxygen atoms in total. The van der Waals surface area contributed by atoms with Gasteiger partial charge in [0, 0.05) is 11.1 Å². The second-order valence-electron chi connectivity index (χ2n) is 6.42. The minimum absolute atomic E-state index is 0.318. The van der Waals surface area contributed by atoms with E-state index in [9.17, 15) is 9.59 Å². The minimum Gasteiger partial charge on any atom is -0.493 e. The number of ether oxygens (including phenoxy) is 2. The van der Waals surface area contributed by atoms with Crippen LogP contribution in [0.2, 0.25) is 0 Å². The number of benzene rings is 2. The summed E-state index contributed by atoms with van der Waals surface area (Å²) in [5.41, 5.74) is 8.19. The monoisotopic (exact) mass is 472 g/mol. The Morgan fingerprint density at radius 2 is 1.47 bits per heavy atom. The van der Waals surface area contributed by atoms with Gasteiger partial charge in [-0.1, -0.05) is 0 Å². The first-order chi connectivity index (χ1) is 14.3. The lowest BCUT2D eigenvalue weighted by Crippen LogP contribution is -2.41. The summed E-state index contributed by atoms with van der Waals surface area (Å²) >= 11 is 3.50. The van der Waals surface area contributed by atoms with E-state index in [0.717, 1.165) is 21.5 Å². The van der Waals surface area contributed by atoms with Gasteiger partial charge in [0.05, 0.1) is 35.8 Å². The van der Waals surface area contributed by atoms with E-state index in [4.69, 9.17) is 9.47 Å². The number of aromatic nitrogens is 2. The summed E-state index contributed by atoms with van der Waals surface area (Å²) in [5, 5.41) is 4.47. The molecule has 0 unspecified atom stereocenters. The number of halogens is 1. The summed E-state index contributed by atoms with van der Waals surface area (Å²) in [7, 11) is 2.99. The van der Waals surface area contributed by atoms with E-state index in [1.54, 1.807) is 41.1 Å². The summed E-state index contributed by atoms with van der Waals surface area (Å²) in [4.78, 5) is 24.7. The van der Waals surface area contributed by atoms with Crippen LogP contribution in [0.4, 0.5) is 0 Å². The number of amides is 2. The number of nitrogens with zero attached hydrogens (tertiary/aromatic N) is 2. The van der Waals surface area contributed by atoms with Crippen molar-refractivity contribution in [2.45, 2.75) is 13.8 Å². The van der Waals surface area contributed by atoms with E-state index in [2.05, 4.69) is 31.9 Å². The number of carbonyl (C=O) groups excluding carboxylic acids is 2. The summed E-state index contributed by atoms with van der Waals surface area (Å²) in [5.74, 6) is 0.00834. The van der Waals surface area contributed by atoms with Crippen LogP contribution in [0, 0.1) is 13.8 Å². The van der Waals surface area contributed by atoms with Gasteiger partial charge in [0.1, 0.15) is 0 Å². The van der Waals surface area contributed by atoms with Gasteiger partial charge in [0.25, 0.3) is 11.8 Å². The van der Waals surface area contributed by atoms with Crippen molar-refractivity contribution in [3.8, 4) is 17.2 Å². The summed E-state index contributed by atoms with van der Waals surface area (Å²) in [6.07, 6.45) is 0. The topological polar surface area (TPSA) is 94.5 Å². The van der Waals surface area contributed by atoms with Gasteiger partial charge in [-0.15, -0.1) is 0 Å². The van der Waals surface area contributed by atoms with Gasteiger partial charge in [-0.25, -0.2) is 4.68 Å². The summed E-state index contributed by atoms with van der Waals surface area (Å²) in [6.45, 7) is 3.87. The van der Waals surface area contributed by atoms with E-state index in [1.165, 1.54) is 20.3 Å². The molecule has 9 heteroatoms. The fourth-order valence-corrected chi connectivity index (χ4v) is 3.11. The zero-order valence-corrected chi connectivity index (χ0v) is 18.5. The SMILES string of the molecule is COc1ccc(C(=O)NNC(=O)c2ccc(-n3nc(C)c(Br)c3C)cc2)cc1OC. The number of hydrogen-bond acceptors (Lipinski definition) is 5. The quantitative estimate of drug-likeness (QED) is 0.555. The van der Waals surface area contributed by atoms with Crippen molar-refractivity contribution in [3.63, 3.8) is 0 Å². The highest BCUT2D eigenvalue weighted by Crippen LogP contribution is 2.27. The zero-order valence-electron chi connectivity index (χ0n) is 16.9.